The molecule has 2 aromatic rings. The van der Waals surface area contributed by atoms with Gasteiger partial charge in [0, 0.05) is 25.7 Å². The molecule has 2 aromatic carbocycles. The maximum atomic E-state index is 12.6. The van der Waals surface area contributed by atoms with E-state index < -0.39 is 16.1 Å². The van der Waals surface area contributed by atoms with Crippen molar-refractivity contribution >= 4 is 10.0 Å². The lowest BCUT2D eigenvalue weighted by Gasteiger charge is -2.26. The molecule has 1 fully saturated rings. The van der Waals surface area contributed by atoms with E-state index >= 15 is 0 Å². The van der Waals surface area contributed by atoms with Gasteiger partial charge in [-0.2, -0.15) is 4.31 Å². The third-order valence-corrected chi connectivity index (χ3v) is 6.75. The summed E-state index contributed by atoms with van der Waals surface area (Å²) in [7, 11) is -3.52. The summed E-state index contributed by atoms with van der Waals surface area (Å²) in [5.41, 5.74) is 1.15. The second-order valence-corrected chi connectivity index (χ2v) is 8.93. The average Bonchev–Trinajstić information content (AvgIpc) is 2.77. The molecule has 0 unspecified atom stereocenters. The zero-order valence-corrected chi connectivity index (χ0v) is 17.3. The molecule has 3 rings (SSSR count). The van der Waals surface area contributed by atoms with E-state index in [1.807, 2.05) is 37.3 Å². The van der Waals surface area contributed by atoms with Gasteiger partial charge in [-0.3, -0.25) is 0 Å². The SMILES string of the molecule is C[C@@H](NC[C@H](O)COc1ccc(S(=O)(=O)N2CCOCC2)cc1)c1ccccc1. The van der Waals surface area contributed by atoms with Crippen molar-refractivity contribution in [1.29, 1.82) is 0 Å². The summed E-state index contributed by atoms with van der Waals surface area (Å²) in [6.45, 7) is 4.09. The van der Waals surface area contributed by atoms with E-state index in [9.17, 15) is 13.5 Å². The van der Waals surface area contributed by atoms with Crippen LogP contribution in [0.4, 0.5) is 0 Å². The van der Waals surface area contributed by atoms with Crippen LogP contribution in [0.1, 0.15) is 18.5 Å². The Hall–Kier alpha value is -1.97. The number of aliphatic hydroxyl groups excluding tert-OH is 1. The average molecular weight is 421 g/mol. The predicted molar refractivity (Wildman–Crippen MR) is 110 cm³/mol. The Morgan fingerprint density at radius 3 is 2.41 bits per heavy atom. The molecule has 0 saturated carbocycles. The highest BCUT2D eigenvalue weighted by Gasteiger charge is 2.26. The van der Waals surface area contributed by atoms with Crippen LogP contribution in [-0.2, 0) is 14.8 Å². The van der Waals surface area contributed by atoms with Gasteiger partial charge in [-0.05, 0) is 36.8 Å². The highest BCUT2D eigenvalue weighted by atomic mass is 32.2. The van der Waals surface area contributed by atoms with Crippen LogP contribution >= 0.6 is 0 Å². The highest BCUT2D eigenvalue weighted by molar-refractivity contribution is 7.89. The number of nitrogens with one attached hydrogen (secondary N) is 1. The molecule has 8 heteroatoms. The first-order valence-electron chi connectivity index (χ1n) is 9.74. The fourth-order valence-corrected chi connectivity index (χ4v) is 4.48. The molecule has 7 nitrogen and oxygen atoms in total. The van der Waals surface area contributed by atoms with Crippen molar-refractivity contribution in [3.63, 3.8) is 0 Å². The maximum Gasteiger partial charge on any atom is 0.243 e. The Labute approximate surface area is 172 Å². The van der Waals surface area contributed by atoms with Gasteiger partial charge < -0.3 is 19.9 Å². The van der Waals surface area contributed by atoms with Crippen LogP contribution in [0, 0.1) is 0 Å². The van der Waals surface area contributed by atoms with Crippen molar-refractivity contribution in [1.82, 2.24) is 9.62 Å². The summed E-state index contributed by atoms with van der Waals surface area (Å²) in [4.78, 5) is 0.227. The van der Waals surface area contributed by atoms with Gasteiger partial charge in [0.1, 0.15) is 18.5 Å². The van der Waals surface area contributed by atoms with Gasteiger partial charge >= 0.3 is 0 Å². The van der Waals surface area contributed by atoms with Crippen molar-refractivity contribution in [3.05, 3.63) is 60.2 Å². The largest absolute Gasteiger partial charge is 0.491 e. The van der Waals surface area contributed by atoms with Crippen molar-refractivity contribution in [2.24, 2.45) is 0 Å². The molecule has 0 aromatic heterocycles. The molecule has 1 aliphatic heterocycles. The number of rotatable bonds is 9. The molecule has 2 N–H and O–H groups in total. The molecule has 0 spiro atoms. The number of hydrogen-bond donors (Lipinski definition) is 2. The van der Waals surface area contributed by atoms with E-state index in [0.717, 1.165) is 5.56 Å². The minimum Gasteiger partial charge on any atom is -0.491 e. The van der Waals surface area contributed by atoms with Crippen LogP contribution in [0.3, 0.4) is 0 Å². The van der Waals surface area contributed by atoms with Crippen molar-refractivity contribution in [2.75, 3.05) is 39.5 Å². The van der Waals surface area contributed by atoms with Crippen LogP contribution in [0.25, 0.3) is 0 Å². The van der Waals surface area contributed by atoms with E-state index in [2.05, 4.69) is 5.32 Å². The molecule has 0 aliphatic carbocycles. The van der Waals surface area contributed by atoms with Gasteiger partial charge in [-0.25, -0.2) is 8.42 Å². The fraction of sp³-hybridized carbons (Fsp3) is 0.429. The Morgan fingerprint density at radius 2 is 1.76 bits per heavy atom. The highest BCUT2D eigenvalue weighted by Crippen LogP contribution is 2.20. The normalized spacial score (nSPS) is 17.6. The van der Waals surface area contributed by atoms with E-state index in [1.54, 1.807) is 12.1 Å². The zero-order chi connectivity index (χ0) is 20.7. The number of nitrogens with zero attached hydrogens (tertiary/aromatic N) is 1. The maximum absolute atomic E-state index is 12.6. The summed E-state index contributed by atoms with van der Waals surface area (Å²) in [6.07, 6.45) is -0.682. The van der Waals surface area contributed by atoms with Crippen LogP contribution in [0.15, 0.2) is 59.5 Å². The number of ether oxygens (including phenoxy) is 2. The molecule has 0 amide bonds. The van der Waals surface area contributed by atoms with Gasteiger partial charge in [-0.15, -0.1) is 0 Å². The van der Waals surface area contributed by atoms with Crippen LogP contribution in [-0.4, -0.2) is 63.4 Å². The molecule has 29 heavy (non-hydrogen) atoms. The number of aliphatic hydroxyl groups is 1. The van der Waals surface area contributed by atoms with E-state index in [-0.39, 0.29) is 17.5 Å². The monoisotopic (exact) mass is 420 g/mol. The minimum absolute atomic E-state index is 0.115. The van der Waals surface area contributed by atoms with Gasteiger partial charge in [0.05, 0.1) is 18.1 Å². The second-order valence-electron chi connectivity index (χ2n) is 6.99. The number of benzene rings is 2. The Bertz CT molecular complexity index is 852. The summed E-state index contributed by atoms with van der Waals surface area (Å²) in [5.74, 6) is 0.515. The smallest absolute Gasteiger partial charge is 0.243 e. The lowest BCUT2D eigenvalue weighted by molar-refractivity contribution is 0.0730. The minimum atomic E-state index is -3.52. The number of morpholine rings is 1. The third-order valence-electron chi connectivity index (χ3n) is 4.83. The topological polar surface area (TPSA) is 88.1 Å². The Morgan fingerprint density at radius 1 is 1.10 bits per heavy atom. The summed E-state index contributed by atoms with van der Waals surface area (Å²) in [5, 5.41) is 13.4. The second kappa shape index (κ2) is 10.2. The molecule has 1 aliphatic rings. The molecular weight excluding hydrogens is 392 g/mol. The number of hydrogen-bond acceptors (Lipinski definition) is 6. The lowest BCUT2D eigenvalue weighted by atomic mass is 10.1. The van der Waals surface area contributed by atoms with E-state index in [0.29, 0.717) is 38.6 Å². The molecular formula is C21H28N2O5S. The van der Waals surface area contributed by atoms with Crippen LogP contribution in [0.2, 0.25) is 0 Å². The number of sulfonamides is 1. The van der Waals surface area contributed by atoms with Crippen LogP contribution < -0.4 is 10.1 Å². The van der Waals surface area contributed by atoms with Crippen molar-refractivity contribution < 1.29 is 23.0 Å². The molecule has 2 atom stereocenters. The van der Waals surface area contributed by atoms with Gasteiger partial charge in [0.2, 0.25) is 10.0 Å². The summed E-state index contributed by atoms with van der Waals surface area (Å²) >= 11 is 0. The Balaban J connectivity index is 1.47. The van der Waals surface area contributed by atoms with Gasteiger partial charge in [0.15, 0.2) is 0 Å². The van der Waals surface area contributed by atoms with Gasteiger partial charge in [0.25, 0.3) is 0 Å². The zero-order valence-electron chi connectivity index (χ0n) is 16.5. The summed E-state index contributed by atoms with van der Waals surface area (Å²) < 4.78 is 37.5. The van der Waals surface area contributed by atoms with E-state index in [1.165, 1.54) is 16.4 Å². The molecule has 0 bridgehead atoms. The Kier molecular flexibility index (Phi) is 7.63. The lowest BCUT2D eigenvalue weighted by Crippen LogP contribution is -2.40. The van der Waals surface area contributed by atoms with E-state index in [4.69, 9.17) is 9.47 Å². The predicted octanol–water partition coefficient (Wildman–Crippen LogP) is 1.80. The fourth-order valence-electron chi connectivity index (χ4n) is 3.07. The van der Waals surface area contributed by atoms with Crippen LogP contribution in [0.5, 0.6) is 5.75 Å². The first-order chi connectivity index (χ1) is 14.0. The van der Waals surface area contributed by atoms with Crippen molar-refractivity contribution in [3.8, 4) is 5.75 Å². The first kappa shape index (κ1) is 21.7. The standard InChI is InChI=1S/C21H28N2O5S/c1-17(18-5-3-2-4-6-18)22-15-19(24)16-28-20-7-9-21(10-8-20)29(25,26)23-11-13-27-14-12-23/h2-10,17,19,22,24H,11-16H2,1H3/t17-,19+/m1/s1. The van der Waals surface area contributed by atoms with Gasteiger partial charge in [-0.1, -0.05) is 30.3 Å². The first-order valence-corrected chi connectivity index (χ1v) is 11.2. The molecule has 158 valence electrons. The summed E-state index contributed by atoms with van der Waals surface area (Å²) in [6, 6.07) is 16.4. The third kappa shape index (κ3) is 6.01. The molecule has 0 radical (unpaired) electrons. The molecule has 1 heterocycles. The van der Waals surface area contributed by atoms with Crippen molar-refractivity contribution in [2.45, 2.75) is 24.0 Å². The molecule has 1 saturated heterocycles. The quantitative estimate of drug-likeness (QED) is 0.643.